The van der Waals surface area contributed by atoms with Crippen LogP contribution in [-0.2, 0) is 4.79 Å². The smallest absolute Gasteiger partial charge is 0.287 e. The van der Waals surface area contributed by atoms with Crippen LogP contribution in [0.2, 0.25) is 5.02 Å². The third kappa shape index (κ3) is 6.70. The topological polar surface area (TPSA) is 83.0 Å². The predicted molar refractivity (Wildman–Crippen MR) is 136 cm³/mol. The van der Waals surface area contributed by atoms with Crippen LogP contribution in [0.5, 0.6) is 5.75 Å². The Morgan fingerprint density at radius 2 is 1.65 bits per heavy atom. The van der Waals surface area contributed by atoms with Gasteiger partial charge in [0.2, 0.25) is 0 Å². The summed E-state index contributed by atoms with van der Waals surface area (Å²) in [6.07, 6.45) is 3.04. The Labute approximate surface area is 203 Å². The summed E-state index contributed by atoms with van der Waals surface area (Å²) in [5, 5.41) is 7.10. The lowest BCUT2D eigenvalue weighted by Gasteiger charge is -2.12. The highest BCUT2D eigenvalue weighted by Crippen LogP contribution is 2.24. The van der Waals surface area contributed by atoms with Gasteiger partial charge in [0.1, 0.15) is 11.4 Å². The van der Waals surface area contributed by atoms with Gasteiger partial charge in [-0.3, -0.25) is 9.59 Å². The van der Waals surface area contributed by atoms with E-state index in [0.717, 1.165) is 11.3 Å². The van der Waals surface area contributed by atoms with Gasteiger partial charge in [-0.05, 0) is 59.7 Å². The van der Waals surface area contributed by atoms with E-state index < -0.39 is 11.8 Å². The molecule has 2 N–H and O–H groups in total. The van der Waals surface area contributed by atoms with Gasteiger partial charge in [0.05, 0.1) is 18.3 Å². The first kappa shape index (κ1) is 24.5. The van der Waals surface area contributed by atoms with E-state index in [4.69, 9.17) is 16.3 Å². The van der Waals surface area contributed by atoms with E-state index >= 15 is 0 Å². The number of carbonyl (C=O) groups is 2. The fourth-order valence-electron chi connectivity index (χ4n) is 2.97. The monoisotopic (exact) mass is 476 g/mol. The van der Waals surface area contributed by atoms with Crippen LogP contribution in [0.1, 0.15) is 21.5 Å². The third-order valence-electron chi connectivity index (χ3n) is 4.80. The summed E-state index contributed by atoms with van der Waals surface area (Å²) in [5.74, 6) is -0.438. The number of amides is 2. The summed E-state index contributed by atoms with van der Waals surface area (Å²) in [5.41, 5.74) is 5.36. The zero-order valence-electron chi connectivity index (χ0n) is 19.1. The van der Waals surface area contributed by atoms with Crippen LogP contribution < -0.4 is 20.4 Å². The summed E-state index contributed by atoms with van der Waals surface area (Å²) < 4.78 is 5.13. The van der Waals surface area contributed by atoms with Crippen molar-refractivity contribution in [2.75, 3.05) is 26.1 Å². The van der Waals surface area contributed by atoms with Crippen LogP contribution in [0.15, 0.2) is 83.6 Å². The van der Waals surface area contributed by atoms with Gasteiger partial charge in [-0.15, -0.1) is 0 Å². The average molecular weight is 477 g/mol. The molecule has 174 valence electrons. The molecule has 0 radical (unpaired) electrons. The van der Waals surface area contributed by atoms with Crippen molar-refractivity contribution in [2.45, 2.75) is 0 Å². The first-order valence-corrected chi connectivity index (χ1v) is 10.8. The van der Waals surface area contributed by atoms with Gasteiger partial charge in [-0.1, -0.05) is 41.9 Å². The van der Waals surface area contributed by atoms with E-state index in [9.17, 15) is 9.59 Å². The second-order valence-electron chi connectivity index (χ2n) is 7.46. The molecule has 3 aromatic carbocycles. The van der Waals surface area contributed by atoms with Crippen molar-refractivity contribution in [1.29, 1.82) is 0 Å². The largest absolute Gasteiger partial charge is 0.495 e. The molecule has 0 saturated carbocycles. The minimum Gasteiger partial charge on any atom is -0.495 e. The highest BCUT2D eigenvalue weighted by molar-refractivity contribution is 6.32. The molecule has 3 aromatic rings. The molecule has 3 rings (SSSR count). The number of hydrogen-bond acceptors (Lipinski definition) is 5. The number of nitrogens with one attached hydrogen (secondary N) is 2. The molecule has 0 bridgehead atoms. The van der Waals surface area contributed by atoms with Crippen LogP contribution in [0.4, 0.5) is 5.69 Å². The number of benzene rings is 3. The maximum atomic E-state index is 12.9. The summed E-state index contributed by atoms with van der Waals surface area (Å²) in [4.78, 5) is 27.5. The van der Waals surface area contributed by atoms with Gasteiger partial charge in [0.25, 0.3) is 11.8 Å². The number of rotatable bonds is 8. The first-order chi connectivity index (χ1) is 16.4. The van der Waals surface area contributed by atoms with Gasteiger partial charge in [0, 0.05) is 25.3 Å². The van der Waals surface area contributed by atoms with Gasteiger partial charge >= 0.3 is 0 Å². The number of ether oxygens (including phenoxy) is 1. The van der Waals surface area contributed by atoms with Gasteiger partial charge in [-0.25, -0.2) is 5.43 Å². The Kier molecular flexibility index (Phi) is 8.43. The van der Waals surface area contributed by atoms with Crippen molar-refractivity contribution in [3.05, 3.63) is 100 Å². The molecule has 0 aliphatic rings. The molecule has 0 aliphatic heterocycles. The molecule has 34 heavy (non-hydrogen) atoms. The average Bonchev–Trinajstić information content (AvgIpc) is 2.84. The molecule has 0 unspecified atom stereocenters. The second-order valence-corrected chi connectivity index (χ2v) is 7.86. The molecule has 7 nitrogen and oxygen atoms in total. The molecule has 0 fully saturated rings. The quantitative estimate of drug-likeness (QED) is 0.288. The van der Waals surface area contributed by atoms with E-state index in [1.54, 1.807) is 48.5 Å². The van der Waals surface area contributed by atoms with Crippen LogP contribution in [0, 0.1) is 0 Å². The number of anilines is 1. The lowest BCUT2D eigenvalue weighted by atomic mass is 10.1. The zero-order chi connectivity index (χ0) is 24.5. The Balaban J connectivity index is 1.80. The molecule has 0 spiro atoms. The van der Waals surface area contributed by atoms with E-state index in [-0.39, 0.29) is 5.70 Å². The summed E-state index contributed by atoms with van der Waals surface area (Å²) in [6, 6.07) is 21.3. The maximum absolute atomic E-state index is 12.9. The number of methoxy groups -OCH3 is 1. The van der Waals surface area contributed by atoms with Crippen molar-refractivity contribution in [1.82, 2.24) is 10.7 Å². The molecule has 0 atom stereocenters. The maximum Gasteiger partial charge on any atom is 0.287 e. The van der Waals surface area contributed by atoms with Crippen LogP contribution in [0.3, 0.4) is 0 Å². The summed E-state index contributed by atoms with van der Waals surface area (Å²) in [7, 11) is 5.41. The third-order valence-corrected chi connectivity index (χ3v) is 5.10. The standard InChI is InChI=1S/C26H25ClN4O3/c1-31(2)21-12-9-18(10-13-21)16-23(29-25(32)20-7-5-4-6-8-20)26(33)30-28-17-19-11-14-24(34-3)22(27)15-19/h4-17H,1-3H3,(H,29,32)(H,30,33). The normalized spacial score (nSPS) is 11.2. The lowest BCUT2D eigenvalue weighted by molar-refractivity contribution is -0.117. The Morgan fingerprint density at radius 1 is 0.971 bits per heavy atom. The molecule has 0 saturated heterocycles. The number of hydrazone groups is 1. The van der Waals surface area contributed by atoms with Crippen molar-refractivity contribution in [3.8, 4) is 5.75 Å². The van der Waals surface area contributed by atoms with Crippen LogP contribution >= 0.6 is 11.6 Å². The number of nitrogens with zero attached hydrogens (tertiary/aromatic N) is 2. The van der Waals surface area contributed by atoms with Crippen LogP contribution in [0.25, 0.3) is 6.08 Å². The van der Waals surface area contributed by atoms with Crippen molar-refractivity contribution < 1.29 is 14.3 Å². The molecular weight excluding hydrogens is 452 g/mol. The lowest BCUT2D eigenvalue weighted by Crippen LogP contribution is -2.32. The summed E-state index contributed by atoms with van der Waals surface area (Å²) >= 11 is 6.12. The van der Waals surface area contributed by atoms with Gasteiger partial charge in [0.15, 0.2) is 0 Å². The minimum absolute atomic E-state index is 0.0522. The highest BCUT2D eigenvalue weighted by Gasteiger charge is 2.14. The fraction of sp³-hybridized carbons (Fsp3) is 0.115. The molecule has 2 amide bonds. The second kappa shape index (κ2) is 11.7. The number of hydrogen-bond donors (Lipinski definition) is 2. The Morgan fingerprint density at radius 3 is 2.26 bits per heavy atom. The molecule has 0 aliphatic carbocycles. The SMILES string of the molecule is COc1ccc(C=NNC(=O)C(=Cc2ccc(N(C)C)cc2)NC(=O)c2ccccc2)cc1Cl. The van der Waals surface area contributed by atoms with E-state index in [0.29, 0.717) is 21.9 Å². The Hall–Kier alpha value is -4.10. The minimum atomic E-state index is -0.572. The predicted octanol–water partition coefficient (Wildman–Crippen LogP) is 4.34. The molecular formula is C26H25ClN4O3. The van der Waals surface area contributed by atoms with E-state index in [2.05, 4.69) is 15.8 Å². The Bertz CT molecular complexity index is 1210. The van der Waals surface area contributed by atoms with Crippen molar-refractivity contribution >= 4 is 41.4 Å². The first-order valence-electron chi connectivity index (χ1n) is 10.4. The van der Waals surface area contributed by atoms with Gasteiger partial charge in [-0.2, -0.15) is 5.10 Å². The fourth-order valence-corrected chi connectivity index (χ4v) is 3.23. The number of carbonyl (C=O) groups excluding carboxylic acids is 2. The highest BCUT2D eigenvalue weighted by atomic mass is 35.5. The molecule has 0 aromatic heterocycles. The van der Waals surface area contributed by atoms with Crippen molar-refractivity contribution in [3.63, 3.8) is 0 Å². The van der Waals surface area contributed by atoms with Crippen molar-refractivity contribution in [2.24, 2.45) is 5.10 Å². The van der Waals surface area contributed by atoms with E-state index in [1.165, 1.54) is 13.3 Å². The van der Waals surface area contributed by atoms with Gasteiger partial charge < -0.3 is 15.0 Å². The zero-order valence-corrected chi connectivity index (χ0v) is 19.8. The number of halogens is 1. The summed E-state index contributed by atoms with van der Waals surface area (Å²) in [6.45, 7) is 0. The van der Waals surface area contributed by atoms with E-state index in [1.807, 2.05) is 49.3 Å². The molecule has 8 heteroatoms. The molecule has 0 heterocycles. The van der Waals surface area contributed by atoms with Crippen LogP contribution in [-0.4, -0.2) is 39.2 Å².